The van der Waals surface area contributed by atoms with E-state index in [1.54, 1.807) is 0 Å². The second-order valence-corrected chi connectivity index (χ2v) is 20.3. The number of hydrogen-bond donors (Lipinski definition) is 2. The zero-order chi connectivity index (χ0) is 31.6. The van der Waals surface area contributed by atoms with Crippen molar-refractivity contribution in [3.8, 4) is 17.0 Å². The molecule has 1 unspecified atom stereocenters. The Morgan fingerprint density at radius 3 is 2.47 bits per heavy atom. The van der Waals surface area contributed by atoms with E-state index < -0.39 is 8.32 Å². The zero-order valence-corrected chi connectivity index (χ0v) is 30.4. The van der Waals surface area contributed by atoms with Gasteiger partial charge in [-0.2, -0.15) is 5.10 Å². The molecule has 0 saturated carbocycles. The first-order chi connectivity index (χ1) is 20.1. The number of aromatic amines is 1. The number of aromatic nitrogens is 3. The summed E-state index contributed by atoms with van der Waals surface area (Å²) < 4.78 is 19.8. The highest BCUT2D eigenvalue weighted by molar-refractivity contribution is 9.10. The quantitative estimate of drug-likeness (QED) is 0.198. The van der Waals surface area contributed by atoms with Crippen LogP contribution in [0.1, 0.15) is 86.1 Å². The van der Waals surface area contributed by atoms with Crippen LogP contribution in [0.5, 0.6) is 5.75 Å². The van der Waals surface area contributed by atoms with Crippen molar-refractivity contribution < 1.29 is 13.9 Å². The summed E-state index contributed by atoms with van der Waals surface area (Å²) in [6.07, 6.45) is 5.14. The first-order valence-corrected chi connectivity index (χ1v) is 19.4. The van der Waals surface area contributed by atoms with Crippen LogP contribution < -0.4 is 10.1 Å². The van der Waals surface area contributed by atoms with Crippen LogP contribution in [0.25, 0.3) is 22.3 Å². The van der Waals surface area contributed by atoms with Gasteiger partial charge in [0.2, 0.25) is 0 Å². The maximum atomic E-state index is 6.86. The molecule has 1 aliphatic heterocycles. The van der Waals surface area contributed by atoms with Gasteiger partial charge in [0, 0.05) is 30.4 Å². The Morgan fingerprint density at radius 1 is 1.14 bits per heavy atom. The van der Waals surface area contributed by atoms with Crippen molar-refractivity contribution in [3.05, 3.63) is 40.9 Å². The zero-order valence-electron chi connectivity index (χ0n) is 27.9. The van der Waals surface area contributed by atoms with Gasteiger partial charge in [-0.1, -0.05) is 67.5 Å². The average molecular weight is 673 g/mol. The van der Waals surface area contributed by atoms with Crippen LogP contribution in [0.2, 0.25) is 18.1 Å². The molecular formula is C34H52BrN4O3Si. The smallest absolute Gasteiger partial charge is 0.192 e. The van der Waals surface area contributed by atoms with E-state index in [1.165, 1.54) is 5.56 Å². The molecule has 0 amide bonds. The first-order valence-electron chi connectivity index (χ1n) is 15.7. The largest absolute Gasteiger partial charge is 0.491 e. The second-order valence-electron chi connectivity index (χ2n) is 14.8. The predicted molar refractivity (Wildman–Crippen MR) is 185 cm³/mol. The minimum atomic E-state index is -1.97. The Bertz CT molecular complexity index is 1370. The molecule has 0 bridgehead atoms. The molecule has 43 heavy (non-hydrogen) atoms. The lowest BCUT2D eigenvalue weighted by Gasteiger charge is -2.39. The van der Waals surface area contributed by atoms with Gasteiger partial charge in [-0.15, -0.1) is 0 Å². The lowest BCUT2D eigenvalue weighted by Crippen LogP contribution is -2.45. The van der Waals surface area contributed by atoms with Crippen LogP contribution in [0.4, 0.5) is 5.69 Å². The van der Waals surface area contributed by atoms with E-state index in [9.17, 15) is 0 Å². The van der Waals surface area contributed by atoms with Gasteiger partial charge >= 0.3 is 0 Å². The highest BCUT2D eigenvalue weighted by atomic mass is 79.9. The van der Waals surface area contributed by atoms with Crippen molar-refractivity contribution in [2.75, 3.05) is 25.1 Å². The molecular weight excluding hydrogens is 620 g/mol. The molecule has 1 aliphatic rings. The predicted octanol–water partition coefficient (Wildman–Crippen LogP) is 9.51. The number of fused-ring (bicyclic) bond motifs is 1. The summed E-state index contributed by atoms with van der Waals surface area (Å²) in [4.78, 5) is 5.12. The molecule has 0 aliphatic carbocycles. The topological polar surface area (TPSA) is 81.3 Å². The molecule has 237 valence electrons. The van der Waals surface area contributed by atoms with Gasteiger partial charge in [-0.05, 0) is 83.2 Å². The van der Waals surface area contributed by atoms with Crippen LogP contribution >= 0.6 is 15.9 Å². The summed E-state index contributed by atoms with van der Waals surface area (Å²) in [7, 11) is -1.97. The number of pyridine rings is 1. The minimum Gasteiger partial charge on any atom is -0.491 e. The molecule has 9 heteroatoms. The van der Waals surface area contributed by atoms with Gasteiger partial charge in [-0.3, -0.25) is 5.10 Å². The third kappa shape index (κ3) is 8.62. The lowest BCUT2D eigenvalue weighted by molar-refractivity contribution is 0.0904. The third-order valence-corrected chi connectivity index (χ3v) is 13.8. The summed E-state index contributed by atoms with van der Waals surface area (Å²) in [6.45, 7) is 24.7. The molecule has 2 N–H and O–H groups in total. The number of benzene rings is 1. The third-order valence-electron chi connectivity index (χ3n) is 8.65. The molecule has 7 nitrogen and oxygen atoms in total. The van der Waals surface area contributed by atoms with E-state index >= 15 is 0 Å². The standard InChI is InChI=1S/C34H52BrN4O3Si/c1-22(2)27-29(37-32-28(31(35)38-39-32)30(27)36-24-15-18-40-19-16-24)23-12-11-13-25(20-23)41-21-26(14-17-33(3,4)5)42-43(9,10)34(6,7)8/h11-13,17,20,22,24,26H,14-16,18-19,21H2,1-10H3,(H2,36,37,38,39). The maximum absolute atomic E-state index is 6.86. The average Bonchev–Trinajstić information content (AvgIpc) is 3.30. The number of hydrogen-bond acceptors (Lipinski definition) is 6. The van der Waals surface area contributed by atoms with Gasteiger partial charge in [0.1, 0.15) is 17.0 Å². The Labute approximate surface area is 268 Å². The van der Waals surface area contributed by atoms with Crippen molar-refractivity contribution >= 4 is 41.0 Å². The van der Waals surface area contributed by atoms with Gasteiger partial charge < -0.3 is 19.2 Å². The summed E-state index contributed by atoms with van der Waals surface area (Å²) in [5.74, 6) is 1.05. The van der Waals surface area contributed by atoms with Crippen molar-refractivity contribution in [2.45, 2.75) is 111 Å². The number of nitrogens with zero attached hydrogens (tertiary/aromatic N) is 2. The van der Waals surface area contributed by atoms with Crippen molar-refractivity contribution in [1.29, 1.82) is 0 Å². The Morgan fingerprint density at radius 2 is 1.84 bits per heavy atom. The molecule has 1 atom stereocenters. The SMILES string of the molecule is CC(C)c1c(-c2cccc(OCC(C[CH]C(C)(C)C)O[Si](C)(C)C(C)(C)C)c2)nc2[nH]nc(Br)c2c1NC1CCOCC1. The van der Waals surface area contributed by atoms with Gasteiger partial charge in [0.05, 0.1) is 22.9 Å². The van der Waals surface area contributed by atoms with E-state index in [-0.39, 0.29) is 22.5 Å². The van der Waals surface area contributed by atoms with E-state index in [0.717, 1.165) is 70.8 Å². The van der Waals surface area contributed by atoms with E-state index in [4.69, 9.17) is 18.9 Å². The number of rotatable bonds is 11. The van der Waals surface area contributed by atoms with Crippen molar-refractivity contribution in [1.82, 2.24) is 15.2 Å². The molecule has 3 aromatic rings. The van der Waals surface area contributed by atoms with Crippen LogP contribution in [-0.4, -0.2) is 55.5 Å². The molecule has 1 radical (unpaired) electrons. The lowest BCUT2D eigenvalue weighted by atomic mass is 9.89. The van der Waals surface area contributed by atoms with E-state index in [1.807, 2.05) is 6.07 Å². The number of nitrogens with one attached hydrogen (secondary N) is 2. The Balaban J connectivity index is 1.66. The first kappa shape index (κ1) is 33.9. The summed E-state index contributed by atoms with van der Waals surface area (Å²) in [6, 6.07) is 8.65. The van der Waals surface area contributed by atoms with E-state index in [2.05, 4.69) is 125 Å². The van der Waals surface area contributed by atoms with E-state index in [0.29, 0.717) is 12.6 Å². The van der Waals surface area contributed by atoms with Gasteiger partial charge in [0.15, 0.2) is 14.0 Å². The number of ether oxygens (including phenoxy) is 2. The second kappa shape index (κ2) is 13.6. The van der Waals surface area contributed by atoms with Crippen LogP contribution in [0.3, 0.4) is 0 Å². The van der Waals surface area contributed by atoms with Crippen LogP contribution in [0.15, 0.2) is 28.9 Å². The summed E-state index contributed by atoms with van der Waals surface area (Å²) >= 11 is 3.67. The van der Waals surface area contributed by atoms with Gasteiger partial charge in [0.25, 0.3) is 0 Å². The number of H-pyrrole nitrogens is 1. The van der Waals surface area contributed by atoms with Crippen LogP contribution in [0, 0.1) is 11.8 Å². The summed E-state index contributed by atoms with van der Waals surface area (Å²) in [5, 5.41) is 12.6. The Kier molecular flexibility index (Phi) is 10.7. The molecule has 0 spiro atoms. The van der Waals surface area contributed by atoms with Crippen LogP contribution in [-0.2, 0) is 9.16 Å². The monoisotopic (exact) mass is 671 g/mol. The fourth-order valence-electron chi connectivity index (χ4n) is 5.17. The fraction of sp³-hybridized carbons (Fsp3) is 0.618. The number of anilines is 1. The molecule has 2 aromatic heterocycles. The maximum Gasteiger partial charge on any atom is 0.192 e. The highest BCUT2D eigenvalue weighted by Crippen LogP contribution is 2.42. The molecule has 4 rings (SSSR count). The highest BCUT2D eigenvalue weighted by Gasteiger charge is 2.39. The molecule has 3 heterocycles. The van der Waals surface area contributed by atoms with Crippen molar-refractivity contribution in [3.63, 3.8) is 0 Å². The fourth-order valence-corrected chi connectivity index (χ4v) is 6.99. The normalized spacial score (nSPS) is 16.2. The van der Waals surface area contributed by atoms with Crippen molar-refractivity contribution in [2.24, 2.45) is 5.41 Å². The number of halogens is 1. The molecule has 1 fully saturated rings. The summed E-state index contributed by atoms with van der Waals surface area (Å²) in [5.41, 5.74) is 5.10. The molecule has 1 aromatic carbocycles. The minimum absolute atomic E-state index is 0.0120. The van der Waals surface area contributed by atoms with Gasteiger partial charge in [-0.25, -0.2) is 4.98 Å². The molecule has 1 saturated heterocycles. The Hall–Kier alpha value is -1.94.